The first-order valence-corrected chi connectivity index (χ1v) is 10.5. The molecule has 1 N–H and O–H groups in total. The minimum atomic E-state index is -0.246. The molecular weight excluding hydrogens is 366 g/mol. The fourth-order valence-electron chi connectivity index (χ4n) is 4.81. The lowest BCUT2D eigenvalue weighted by atomic mass is 9.99. The molecule has 1 atom stereocenters. The molecule has 0 aromatic carbocycles. The van der Waals surface area contributed by atoms with E-state index >= 15 is 0 Å². The van der Waals surface area contributed by atoms with Crippen molar-refractivity contribution in [1.29, 1.82) is 0 Å². The predicted octanol–water partition coefficient (Wildman–Crippen LogP) is 3.87. The standard InChI is InChI=1S/C22H25N5O2/c28-19(13-15-5-1-2-6-15)17-8-9-18-21(24-17)27(16-10-12-26(18)14-16)22(29)25-20-7-3-4-11-23-20/h3-4,7-9,11,15-16H,1-2,5-6,10,12-14H2,(H,23,25,29)/t16-/m0/s1. The molecule has 0 radical (unpaired) electrons. The highest BCUT2D eigenvalue weighted by Gasteiger charge is 2.40. The summed E-state index contributed by atoms with van der Waals surface area (Å²) in [5, 5.41) is 2.88. The van der Waals surface area contributed by atoms with Crippen LogP contribution < -0.4 is 15.1 Å². The predicted molar refractivity (Wildman–Crippen MR) is 111 cm³/mol. The molecule has 29 heavy (non-hydrogen) atoms. The van der Waals surface area contributed by atoms with Crippen LogP contribution in [0, 0.1) is 5.92 Å². The zero-order valence-corrected chi connectivity index (χ0v) is 16.4. The Hall–Kier alpha value is -2.96. The maximum absolute atomic E-state index is 13.1. The highest BCUT2D eigenvalue weighted by atomic mass is 16.2. The van der Waals surface area contributed by atoms with Crippen molar-refractivity contribution in [2.45, 2.75) is 44.6 Å². The van der Waals surface area contributed by atoms with Gasteiger partial charge in [0.15, 0.2) is 11.6 Å². The van der Waals surface area contributed by atoms with Gasteiger partial charge in [-0.05, 0) is 36.6 Å². The number of fused-ring (bicyclic) bond motifs is 4. The van der Waals surface area contributed by atoms with E-state index in [1.54, 1.807) is 17.2 Å². The quantitative estimate of drug-likeness (QED) is 0.801. The van der Waals surface area contributed by atoms with Crippen LogP contribution >= 0.6 is 0 Å². The molecule has 2 amide bonds. The van der Waals surface area contributed by atoms with Gasteiger partial charge in [-0.1, -0.05) is 31.7 Å². The molecule has 1 aliphatic carbocycles. The van der Waals surface area contributed by atoms with Crippen LogP contribution in [0.2, 0.25) is 0 Å². The second-order valence-corrected chi connectivity index (χ2v) is 8.22. The molecular formula is C22H25N5O2. The number of Topliss-reactive ketones (excluding diaryl/α,β-unsaturated/α-hetero) is 1. The van der Waals surface area contributed by atoms with Gasteiger partial charge in [0.05, 0.1) is 11.7 Å². The first-order chi connectivity index (χ1) is 14.2. The zero-order valence-electron chi connectivity index (χ0n) is 16.4. The summed E-state index contributed by atoms with van der Waals surface area (Å²) < 4.78 is 0. The number of hydrogen-bond acceptors (Lipinski definition) is 5. The van der Waals surface area contributed by atoms with Crippen molar-refractivity contribution >= 4 is 29.1 Å². The van der Waals surface area contributed by atoms with Crippen LogP contribution in [0.25, 0.3) is 0 Å². The third kappa shape index (κ3) is 3.45. The first kappa shape index (κ1) is 18.1. The van der Waals surface area contributed by atoms with Crippen LogP contribution in [-0.4, -0.2) is 40.9 Å². The fraction of sp³-hybridized carbons (Fsp3) is 0.455. The van der Waals surface area contributed by atoms with Crippen LogP contribution in [-0.2, 0) is 0 Å². The summed E-state index contributed by atoms with van der Waals surface area (Å²) in [5.74, 6) is 1.65. The SMILES string of the molecule is O=C(CC1CCCC1)c1ccc2c(n1)N(C(=O)Nc1ccccn1)[C@H]1CCN2C1. The van der Waals surface area contributed by atoms with E-state index in [0.717, 1.165) is 38.0 Å². The van der Waals surface area contributed by atoms with Crippen molar-refractivity contribution in [2.75, 3.05) is 28.2 Å². The Balaban J connectivity index is 1.43. The van der Waals surface area contributed by atoms with E-state index in [0.29, 0.717) is 29.7 Å². The van der Waals surface area contributed by atoms with Crippen molar-refractivity contribution in [3.63, 3.8) is 0 Å². The molecule has 150 valence electrons. The van der Waals surface area contributed by atoms with E-state index in [-0.39, 0.29) is 17.9 Å². The summed E-state index contributed by atoms with van der Waals surface area (Å²) in [6, 6.07) is 8.99. The van der Waals surface area contributed by atoms with Gasteiger partial charge in [0.1, 0.15) is 11.5 Å². The normalized spacial score (nSPS) is 20.6. The van der Waals surface area contributed by atoms with Crippen LogP contribution in [0.5, 0.6) is 0 Å². The zero-order chi connectivity index (χ0) is 19.8. The third-order valence-corrected chi connectivity index (χ3v) is 6.31. The molecule has 5 rings (SSSR count). The second-order valence-electron chi connectivity index (χ2n) is 8.22. The van der Waals surface area contributed by atoms with Gasteiger partial charge in [0, 0.05) is 25.7 Å². The Morgan fingerprint density at radius 3 is 2.76 bits per heavy atom. The van der Waals surface area contributed by atoms with Gasteiger partial charge < -0.3 is 4.90 Å². The minimum absolute atomic E-state index is 0.0545. The van der Waals surface area contributed by atoms with Crippen molar-refractivity contribution in [3.8, 4) is 0 Å². The number of nitrogens with one attached hydrogen (secondary N) is 1. The Kier molecular flexibility index (Phi) is 4.66. The molecule has 2 fully saturated rings. The maximum atomic E-state index is 13.1. The van der Waals surface area contributed by atoms with Gasteiger partial charge >= 0.3 is 6.03 Å². The second kappa shape index (κ2) is 7.46. The number of ketones is 1. The summed E-state index contributed by atoms with van der Waals surface area (Å²) in [5.41, 5.74) is 1.39. The molecule has 0 spiro atoms. The van der Waals surface area contributed by atoms with Crippen LogP contribution in [0.1, 0.15) is 49.0 Å². The van der Waals surface area contributed by atoms with E-state index in [1.165, 1.54) is 12.8 Å². The van der Waals surface area contributed by atoms with Gasteiger partial charge in [0.2, 0.25) is 0 Å². The highest BCUT2D eigenvalue weighted by Crippen LogP contribution is 2.39. The smallest absolute Gasteiger partial charge is 0.329 e. The average Bonchev–Trinajstić information content (AvgIpc) is 3.39. The van der Waals surface area contributed by atoms with Crippen molar-refractivity contribution in [2.24, 2.45) is 5.92 Å². The largest absolute Gasteiger partial charge is 0.366 e. The lowest BCUT2D eigenvalue weighted by Crippen LogP contribution is -2.48. The molecule has 2 aliphatic heterocycles. The van der Waals surface area contributed by atoms with Crippen LogP contribution in [0.3, 0.4) is 0 Å². The molecule has 0 unspecified atom stereocenters. The summed E-state index contributed by atoms with van der Waals surface area (Å²) in [4.78, 5) is 38.8. The van der Waals surface area contributed by atoms with Crippen molar-refractivity contribution < 1.29 is 9.59 Å². The van der Waals surface area contributed by atoms with Gasteiger partial charge in [-0.3, -0.25) is 15.0 Å². The number of carbonyl (C=O) groups is 2. The molecule has 3 aliphatic rings. The van der Waals surface area contributed by atoms with E-state index < -0.39 is 0 Å². The van der Waals surface area contributed by atoms with Gasteiger partial charge in [-0.25, -0.2) is 14.8 Å². The Morgan fingerprint density at radius 2 is 1.97 bits per heavy atom. The molecule has 1 saturated heterocycles. The van der Waals surface area contributed by atoms with E-state index in [9.17, 15) is 9.59 Å². The summed E-state index contributed by atoms with van der Waals surface area (Å²) >= 11 is 0. The van der Waals surface area contributed by atoms with Gasteiger partial charge in [0.25, 0.3) is 0 Å². The van der Waals surface area contributed by atoms with Crippen LogP contribution in [0.15, 0.2) is 36.5 Å². The Labute approximate surface area is 170 Å². The highest BCUT2D eigenvalue weighted by molar-refractivity contribution is 6.05. The van der Waals surface area contributed by atoms with Crippen LogP contribution in [0.4, 0.5) is 22.1 Å². The maximum Gasteiger partial charge on any atom is 0.329 e. The van der Waals surface area contributed by atoms with Gasteiger partial charge in [-0.2, -0.15) is 0 Å². The number of nitrogens with zero attached hydrogens (tertiary/aromatic N) is 4. The number of rotatable bonds is 4. The van der Waals surface area contributed by atoms with Crippen molar-refractivity contribution in [3.05, 3.63) is 42.2 Å². The average molecular weight is 391 g/mol. The van der Waals surface area contributed by atoms with Crippen molar-refractivity contribution in [1.82, 2.24) is 9.97 Å². The number of urea groups is 1. The molecule has 7 nitrogen and oxygen atoms in total. The van der Waals surface area contributed by atoms with E-state index in [4.69, 9.17) is 4.98 Å². The molecule has 2 aromatic rings. The summed E-state index contributed by atoms with van der Waals surface area (Å²) in [7, 11) is 0. The summed E-state index contributed by atoms with van der Waals surface area (Å²) in [6.07, 6.45) is 7.78. The topological polar surface area (TPSA) is 78.4 Å². The fourth-order valence-corrected chi connectivity index (χ4v) is 4.81. The monoisotopic (exact) mass is 391 g/mol. The van der Waals surface area contributed by atoms with E-state index in [1.807, 2.05) is 24.3 Å². The molecule has 7 heteroatoms. The third-order valence-electron chi connectivity index (χ3n) is 6.31. The number of pyridine rings is 2. The summed E-state index contributed by atoms with van der Waals surface area (Å²) in [6.45, 7) is 1.68. The number of carbonyl (C=O) groups excluding carboxylic acids is 2. The number of amides is 2. The van der Waals surface area contributed by atoms with Gasteiger partial charge in [-0.15, -0.1) is 0 Å². The molecule has 1 saturated carbocycles. The molecule has 4 heterocycles. The lowest BCUT2D eigenvalue weighted by molar-refractivity contribution is 0.0957. The number of aromatic nitrogens is 2. The molecule has 2 bridgehead atoms. The minimum Gasteiger partial charge on any atom is -0.366 e. The Bertz CT molecular complexity index is 926. The first-order valence-electron chi connectivity index (χ1n) is 10.5. The van der Waals surface area contributed by atoms with E-state index in [2.05, 4.69) is 15.2 Å². The number of hydrogen-bond donors (Lipinski definition) is 1. The molecule has 2 aromatic heterocycles. The Morgan fingerprint density at radius 1 is 1.10 bits per heavy atom. The lowest BCUT2D eigenvalue weighted by Gasteiger charge is -2.35. The number of anilines is 3.